The smallest absolute Gasteiger partial charge is 0.383 e. The van der Waals surface area contributed by atoms with Gasteiger partial charge in [0.15, 0.2) is 0 Å². The minimum Gasteiger partial charge on any atom is -0.383 e. The van der Waals surface area contributed by atoms with Crippen molar-refractivity contribution in [2.75, 3.05) is 11.5 Å². The molecule has 1 aliphatic heterocycles. The van der Waals surface area contributed by atoms with Crippen molar-refractivity contribution >= 4 is 23.5 Å². The Morgan fingerprint density at radius 3 is 2.29 bits per heavy atom. The summed E-state index contributed by atoms with van der Waals surface area (Å²) >= 11 is 4.05. The van der Waals surface area contributed by atoms with E-state index in [2.05, 4.69) is 19.6 Å². The first-order chi connectivity index (χ1) is 15.7. The third-order valence-corrected chi connectivity index (χ3v) is 14.0. The van der Waals surface area contributed by atoms with Crippen LogP contribution < -0.4 is 0 Å². The van der Waals surface area contributed by atoms with Crippen molar-refractivity contribution in [3.63, 3.8) is 0 Å². The summed E-state index contributed by atoms with van der Waals surface area (Å²) in [7, 11) is 0. The fourth-order valence-electron chi connectivity index (χ4n) is 8.75. The number of halogens is 5. The minimum absolute atomic E-state index is 0.0230. The molecule has 1 nitrogen and oxygen atoms in total. The molecule has 0 radical (unpaired) electrons. The third-order valence-electron chi connectivity index (χ3n) is 10.6. The molecule has 0 aromatic carbocycles. The maximum atomic E-state index is 14.8. The number of thioether (sulfide) groups is 2. The summed E-state index contributed by atoms with van der Waals surface area (Å²) in [5, 5.41) is 11.1. The first-order valence-corrected chi connectivity index (χ1v) is 14.5. The maximum absolute atomic E-state index is 14.8. The minimum atomic E-state index is -5.76. The Balaban J connectivity index is 1.54. The van der Waals surface area contributed by atoms with Crippen LogP contribution in [0, 0.1) is 34.5 Å². The fraction of sp³-hybridized carbons (Fsp3) is 0.846. The van der Waals surface area contributed by atoms with Gasteiger partial charge in [-0.2, -0.15) is 22.0 Å². The molecular weight excluding hydrogens is 487 g/mol. The third kappa shape index (κ3) is 3.22. The molecule has 0 aromatic rings. The van der Waals surface area contributed by atoms with Gasteiger partial charge in [0.25, 0.3) is 0 Å². The molecule has 1 heterocycles. The zero-order chi connectivity index (χ0) is 24.8. The molecule has 0 aromatic heterocycles. The van der Waals surface area contributed by atoms with Gasteiger partial charge in [-0.25, -0.2) is 0 Å². The Labute approximate surface area is 207 Å². The Morgan fingerprint density at radius 2 is 1.68 bits per heavy atom. The highest BCUT2D eigenvalue weighted by molar-refractivity contribution is 8.21. The summed E-state index contributed by atoms with van der Waals surface area (Å²) in [6.07, 6.45) is 2.82. The summed E-state index contributed by atoms with van der Waals surface area (Å²) in [5.41, 5.74) is -3.10. The maximum Gasteiger partial charge on any atom is 0.456 e. The van der Waals surface area contributed by atoms with E-state index in [0.29, 0.717) is 6.42 Å². The van der Waals surface area contributed by atoms with Crippen molar-refractivity contribution in [1.29, 1.82) is 0 Å². The van der Waals surface area contributed by atoms with E-state index >= 15 is 0 Å². The second kappa shape index (κ2) is 7.89. The van der Waals surface area contributed by atoms with E-state index in [1.807, 2.05) is 29.6 Å². The van der Waals surface area contributed by atoms with E-state index in [4.69, 9.17) is 0 Å². The highest BCUT2D eigenvalue weighted by atomic mass is 32.2. The van der Waals surface area contributed by atoms with Crippen molar-refractivity contribution in [3.05, 3.63) is 24.3 Å². The molecule has 0 amide bonds. The van der Waals surface area contributed by atoms with Crippen LogP contribution in [0.3, 0.4) is 0 Å². The first kappa shape index (κ1) is 25.4. The standard InChI is InChI=1S/C26H35F5OS2/c1-4-5-16-14-17-15-23(33-12-13-34-23)11-10-21(17,2)18-6-8-22(3)19(20(16)18)7-9-24(22,32)25(27,28)26(29,30)31/h4,15-16,18-20,32H,1,5-14H2,2-3H3/t16?,18-,19-,20+,21-,22-,24?/m0/s1. The molecule has 7 atom stereocenters. The van der Waals surface area contributed by atoms with Gasteiger partial charge in [0, 0.05) is 16.9 Å². The molecular formula is C26H35F5OS2. The van der Waals surface area contributed by atoms with E-state index < -0.39 is 29.5 Å². The van der Waals surface area contributed by atoms with Crippen molar-refractivity contribution in [1.82, 2.24) is 0 Å². The fourth-order valence-corrected chi connectivity index (χ4v) is 11.9. The van der Waals surface area contributed by atoms with Crippen LogP contribution in [0.15, 0.2) is 24.3 Å². The average molecular weight is 523 g/mol. The summed E-state index contributed by atoms with van der Waals surface area (Å²) in [6, 6.07) is 0. The van der Waals surface area contributed by atoms with E-state index in [9.17, 15) is 27.1 Å². The molecule has 4 fully saturated rings. The number of alkyl halides is 5. The van der Waals surface area contributed by atoms with Crippen LogP contribution in [-0.4, -0.2) is 38.4 Å². The number of hydrogen-bond donors (Lipinski definition) is 1. The molecule has 2 unspecified atom stereocenters. The van der Waals surface area contributed by atoms with Gasteiger partial charge in [-0.05, 0) is 80.5 Å². The van der Waals surface area contributed by atoms with Crippen molar-refractivity contribution in [2.24, 2.45) is 34.5 Å². The van der Waals surface area contributed by atoms with E-state index in [0.717, 1.165) is 37.2 Å². The number of hydrogen-bond acceptors (Lipinski definition) is 3. The molecule has 3 saturated carbocycles. The first-order valence-electron chi connectivity index (χ1n) is 12.5. The molecule has 5 aliphatic rings. The molecule has 8 heteroatoms. The lowest BCUT2D eigenvalue weighted by Gasteiger charge is -2.62. The number of fused-ring (bicyclic) bond motifs is 5. The van der Waals surface area contributed by atoms with Crippen LogP contribution in [0.5, 0.6) is 0 Å². The van der Waals surface area contributed by atoms with Gasteiger partial charge in [0.05, 0.1) is 4.08 Å². The van der Waals surface area contributed by atoms with Crippen LogP contribution in [0.25, 0.3) is 0 Å². The topological polar surface area (TPSA) is 20.2 Å². The van der Waals surface area contributed by atoms with Gasteiger partial charge < -0.3 is 5.11 Å². The highest BCUT2D eigenvalue weighted by Gasteiger charge is 2.79. The van der Waals surface area contributed by atoms with Gasteiger partial charge in [0.2, 0.25) is 0 Å². The molecule has 4 aliphatic carbocycles. The second-order valence-electron chi connectivity index (χ2n) is 11.8. The average Bonchev–Trinajstić information content (AvgIpc) is 3.32. The monoisotopic (exact) mass is 522 g/mol. The molecule has 1 spiro atoms. The predicted molar refractivity (Wildman–Crippen MR) is 129 cm³/mol. The molecule has 0 bridgehead atoms. The zero-order valence-corrected chi connectivity index (χ0v) is 21.5. The summed E-state index contributed by atoms with van der Waals surface area (Å²) < 4.78 is 70.2. The van der Waals surface area contributed by atoms with Crippen molar-refractivity contribution < 1.29 is 27.1 Å². The van der Waals surface area contributed by atoms with Crippen molar-refractivity contribution in [2.45, 2.75) is 87.0 Å². The van der Waals surface area contributed by atoms with Gasteiger partial charge in [-0.3, -0.25) is 0 Å². The van der Waals surface area contributed by atoms with Gasteiger partial charge in [-0.15, -0.1) is 30.1 Å². The van der Waals surface area contributed by atoms with E-state index in [1.54, 1.807) is 0 Å². The molecule has 192 valence electrons. The number of aliphatic hydroxyl groups is 1. The lowest BCUT2D eigenvalue weighted by Crippen LogP contribution is -2.66. The molecule has 1 saturated heterocycles. The van der Waals surface area contributed by atoms with Crippen LogP contribution >= 0.6 is 23.5 Å². The van der Waals surface area contributed by atoms with Crippen molar-refractivity contribution in [3.8, 4) is 0 Å². The lowest BCUT2D eigenvalue weighted by atomic mass is 9.43. The molecule has 5 rings (SSSR count). The Bertz CT molecular complexity index is 881. The summed E-state index contributed by atoms with van der Waals surface area (Å²) in [5.74, 6) is -2.73. The normalized spacial score (nSPS) is 45.9. The van der Waals surface area contributed by atoms with Gasteiger partial charge in [0.1, 0.15) is 5.60 Å². The Hall–Kier alpha value is -0.210. The Morgan fingerprint density at radius 1 is 1.03 bits per heavy atom. The SMILES string of the molecule is C=CCC1CC2=CC3(CC[C@]2(C)[C@H]2CC[C@@]4(C)[C@@H](CCC4(O)C(F)(F)C(F)(F)F)[C@H]12)SCCS3. The quantitative estimate of drug-likeness (QED) is 0.301. The second-order valence-corrected chi connectivity index (χ2v) is 14.9. The molecule has 34 heavy (non-hydrogen) atoms. The van der Waals surface area contributed by atoms with Crippen LogP contribution in [0.1, 0.15) is 65.2 Å². The van der Waals surface area contributed by atoms with Crippen LogP contribution in [-0.2, 0) is 0 Å². The van der Waals surface area contributed by atoms with E-state index in [-0.39, 0.29) is 46.0 Å². The van der Waals surface area contributed by atoms with Crippen LogP contribution in [0.2, 0.25) is 0 Å². The van der Waals surface area contributed by atoms with Gasteiger partial charge in [-0.1, -0.05) is 31.6 Å². The highest BCUT2D eigenvalue weighted by Crippen LogP contribution is 2.73. The zero-order valence-electron chi connectivity index (χ0n) is 19.9. The van der Waals surface area contributed by atoms with E-state index in [1.165, 1.54) is 12.5 Å². The molecule has 1 N–H and O–H groups in total. The largest absolute Gasteiger partial charge is 0.456 e. The predicted octanol–water partition coefficient (Wildman–Crippen LogP) is 7.86. The number of allylic oxidation sites excluding steroid dienone is 2. The lowest BCUT2D eigenvalue weighted by molar-refractivity contribution is -0.364. The summed E-state index contributed by atoms with van der Waals surface area (Å²) in [4.78, 5) is 0. The summed E-state index contributed by atoms with van der Waals surface area (Å²) in [6.45, 7) is 7.77. The van der Waals surface area contributed by atoms with Gasteiger partial charge >= 0.3 is 12.1 Å². The Kier molecular flexibility index (Phi) is 5.91. The number of rotatable bonds is 3. The van der Waals surface area contributed by atoms with Crippen LogP contribution in [0.4, 0.5) is 22.0 Å².